The number of hydrogen-bond acceptors (Lipinski definition) is 4. The second-order valence-corrected chi connectivity index (χ2v) is 8.72. The molecule has 33 heavy (non-hydrogen) atoms. The third-order valence-electron chi connectivity index (χ3n) is 6.16. The Bertz CT molecular complexity index is 1130. The van der Waals surface area contributed by atoms with Crippen molar-refractivity contribution in [2.45, 2.75) is 32.9 Å². The van der Waals surface area contributed by atoms with E-state index in [2.05, 4.69) is 15.6 Å². The van der Waals surface area contributed by atoms with Gasteiger partial charge in [-0.05, 0) is 67.8 Å². The fourth-order valence-corrected chi connectivity index (χ4v) is 4.02. The molecule has 170 valence electrons. The molecule has 2 aromatic carbocycles. The lowest BCUT2D eigenvalue weighted by molar-refractivity contribution is 0.0744. The molecular formula is C27H30N4O2. The molecule has 1 unspecified atom stereocenters. The smallest absolute Gasteiger partial charge is 0.253 e. The molecule has 1 aromatic heterocycles. The molecule has 2 heterocycles. The number of nitrogens with zero attached hydrogens (tertiary/aromatic N) is 2. The van der Waals surface area contributed by atoms with E-state index in [-0.39, 0.29) is 17.9 Å². The van der Waals surface area contributed by atoms with E-state index in [9.17, 15) is 9.59 Å². The van der Waals surface area contributed by atoms with E-state index in [0.717, 1.165) is 47.5 Å². The summed E-state index contributed by atoms with van der Waals surface area (Å²) in [4.78, 5) is 32.4. The molecule has 1 atom stereocenters. The highest BCUT2D eigenvalue weighted by atomic mass is 16.2. The summed E-state index contributed by atoms with van der Waals surface area (Å²) in [6.07, 6.45) is 2.69. The van der Waals surface area contributed by atoms with Crippen LogP contribution in [0.1, 0.15) is 44.0 Å². The first-order chi connectivity index (χ1) is 15.9. The lowest BCUT2D eigenvalue weighted by Gasteiger charge is -2.24. The molecule has 2 N–H and O–H groups in total. The van der Waals surface area contributed by atoms with Gasteiger partial charge in [0.05, 0.1) is 0 Å². The Morgan fingerprint density at radius 3 is 2.45 bits per heavy atom. The summed E-state index contributed by atoms with van der Waals surface area (Å²) in [5.41, 5.74) is 5.82. The topological polar surface area (TPSA) is 74.3 Å². The Kier molecular flexibility index (Phi) is 6.84. The number of likely N-dealkylation sites (N-methyl/N-ethyl adjacent to an activating group) is 1. The van der Waals surface area contributed by atoms with E-state index in [1.165, 1.54) is 0 Å². The van der Waals surface area contributed by atoms with Crippen molar-refractivity contribution in [2.24, 2.45) is 0 Å². The SMILES string of the molecule is Cc1ccc(-c2cc(C(=O)NCc3ccc(C)nc3)cc(C(=O)N(C)C3CCNC3)c2)cc1. The van der Waals surface area contributed by atoms with Gasteiger partial charge in [0.15, 0.2) is 0 Å². The number of rotatable bonds is 6. The predicted octanol–water partition coefficient (Wildman–Crippen LogP) is 3.73. The van der Waals surface area contributed by atoms with E-state index >= 15 is 0 Å². The molecule has 0 saturated carbocycles. The maximum absolute atomic E-state index is 13.3. The van der Waals surface area contributed by atoms with Crippen molar-refractivity contribution in [2.75, 3.05) is 20.1 Å². The third-order valence-corrected chi connectivity index (χ3v) is 6.16. The molecule has 1 aliphatic rings. The zero-order valence-electron chi connectivity index (χ0n) is 19.4. The van der Waals surface area contributed by atoms with Gasteiger partial charge in [-0.1, -0.05) is 35.9 Å². The van der Waals surface area contributed by atoms with Crippen LogP contribution in [-0.2, 0) is 6.54 Å². The molecule has 0 spiro atoms. The van der Waals surface area contributed by atoms with Crippen LogP contribution in [0.2, 0.25) is 0 Å². The zero-order chi connectivity index (χ0) is 23.4. The van der Waals surface area contributed by atoms with Crippen molar-refractivity contribution >= 4 is 11.8 Å². The summed E-state index contributed by atoms with van der Waals surface area (Å²) in [5, 5.41) is 6.26. The second-order valence-electron chi connectivity index (χ2n) is 8.72. The monoisotopic (exact) mass is 442 g/mol. The minimum Gasteiger partial charge on any atom is -0.348 e. The minimum atomic E-state index is -0.219. The molecule has 1 aliphatic heterocycles. The lowest BCUT2D eigenvalue weighted by atomic mass is 9.97. The number of aryl methyl sites for hydroxylation is 2. The first kappa shape index (κ1) is 22.7. The first-order valence-corrected chi connectivity index (χ1v) is 11.3. The number of nitrogens with one attached hydrogen (secondary N) is 2. The summed E-state index contributed by atoms with van der Waals surface area (Å²) >= 11 is 0. The van der Waals surface area contributed by atoms with Gasteiger partial charge >= 0.3 is 0 Å². The number of pyridine rings is 1. The zero-order valence-corrected chi connectivity index (χ0v) is 19.4. The number of carbonyl (C=O) groups is 2. The second kappa shape index (κ2) is 9.96. The van der Waals surface area contributed by atoms with Gasteiger partial charge < -0.3 is 15.5 Å². The van der Waals surface area contributed by atoms with E-state index in [1.807, 2.05) is 69.4 Å². The van der Waals surface area contributed by atoms with Gasteiger partial charge in [-0.25, -0.2) is 0 Å². The van der Waals surface area contributed by atoms with Crippen LogP contribution in [0.3, 0.4) is 0 Å². The summed E-state index contributed by atoms with van der Waals surface area (Å²) in [6.45, 7) is 6.03. The van der Waals surface area contributed by atoms with E-state index in [1.54, 1.807) is 17.2 Å². The summed E-state index contributed by atoms with van der Waals surface area (Å²) in [7, 11) is 1.84. The van der Waals surface area contributed by atoms with Crippen LogP contribution in [0, 0.1) is 13.8 Å². The molecule has 0 radical (unpaired) electrons. The van der Waals surface area contributed by atoms with Crippen molar-refractivity contribution in [3.05, 3.63) is 88.7 Å². The van der Waals surface area contributed by atoms with Gasteiger partial charge in [0.2, 0.25) is 0 Å². The number of carbonyl (C=O) groups excluding carboxylic acids is 2. The van der Waals surface area contributed by atoms with Crippen LogP contribution in [0.15, 0.2) is 60.8 Å². The third kappa shape index (κ3) is 5.46. The average molecular weight is 443 g/mol. The summed E-state index contributed by atoms with van der Waals surface area (Å²) < 4.78 is 0. The summed E-state index contributed by atoms with van der Waals surface area (Å²) in [5.74, 6) is -0.293. The highest BCUT2D eigenvalue weighted by Gasteiger charge is 2.25. The maximum Gasteiger partial charge on any atom is 0.253 e. The van der Waals surface area contributed by atoms with Gasteiger partial charge in [0.1, 0.15) is 0 Å². The van der Waals surface area contributed by atoms with Gasteiger partial charge in [-0.2, -0.15) is 0 Å². The number of hydrogen-bond donors (Lipinski definition) is 2. The van der Waals surface area contributed by atoms with Gasteiger partial charge in [-0.15, -0.1) is 0 Å². The van der Waals surface area contributed by atoms with Crippen LogP contribution in [0.4, 0.5) is 0 Å². The van der Waals surface area contributed by atoms with Gasteiger partial charge in [0.25, 0.3) is 11.8 Å². The molecule has 0 aliphatic carbocycles. The average Bonchev–Trinajstić information content (AvgIpc) is 3.38. The molecule has 1 saturated heterocycles. The number of aromatic nitrogens is 1. The Morgan fingerprint density at radius 2 is 1.79 bits per heavy atom. The van der Waals surface area contributed by atoms with E-state index in [4.69, 9.17) is 0 Å². The Balaban J connectivity index is 1.63. The molecule has 3 aromatic rings. The number of amides is 2. The normalized spacial score (nSPS) is 15.3. The Labute approximate surface area is 195 Å². The lowest BCUT2D eigenvalue weighted by Crippen LogP contribution is -2.38. The fraction of sp³-hybridized carbons (Fsp3) is 0.296. The van der Waals surface area contributed by atoms with Crippen LogP contribution >= 0.6 is 0 Å². The first-order valence-electron chi connectivity index (χ1n) is 11.3. The van der Waals surface area contributed by atoms with Crippen LogP contribution in [0.25, 0.3) is 11.1 Å². The number of benzene rings is 2. The maximum atomic E-state index is 13.3. The predicted molar refractivity (Wildman–Crippen MR) is 130 cm³/mol. The van der Waals surface area contributed by atoms with E-state index < -0.39 is 0 Å². The van der Waals surface area contributed by atoms with Gasteiger partial charge in [-0.3, -0.25) is 14.6 Å². The van der Waals surface area contributed by atoms with Crippen molar-refractivity contribution in [3.8, 4) is 11.1 Å². The van der Waals surface area contributed by atoms with Crippen LogP contribution in [0.5, 0.6) is 0 Å². The van der Waals surface area contributed by atoms with Gasteiger partial charge in [0, 0.05) is 49.2 Å². The molecule has 6 heteroatoms. The molecule has 2 amide bonds. The van der Waals surface area contributed by atoms with Crippen LogP contribution < -0.4 is 10.6 Å². The summed E-state index contributed by atoms with van der Waals surface area (Å²) in [6, 6.07) is 17.6. The molecule has 4 rings (SSSR count). The van der Waals surface area contributed by atoms with Crippen molar-refractivity contribution < 1.29 is 9.59 Å². The molecule has 1 fully saturated rings. The largest absolute Gasteiger partial charge is 0.348 e. The standard InChI is InChI=1S/C27H30N4O2/c1-18-4-8-21(9-5-18)22-12-23(26(32)30-16-20-7-6-19(2)29-15-20)14-24(13-22)27(33)31(3)25-10-11-28-17-25/h4-9,12-15,25,28H,10-11,16-17H2,1-3H3,(H,30,32). The van der Waals surface area contributed by atoms with E-state index in [0.29, 0.717) is 17.7 Å². The van der Waals surface area contributed by atoms with Crippen molar-refractivity contribution in [1.82, 2.24) is 20.5 Å². The Hall–Kier alpha value is -3.51. The fourth-order valence-electron chi connectivity index (χ4n) is 4.02. The molecule has 6 nitrogen and oxygen atoms in total. The molecular weight excluding hydrogens is 412 g/mol. The highest BCUT2D eigenvalue weighted by Crippen LogP contribution is 2.25. The van der Waals surface area contributed by atoms with Crippen molar-refractivity contribution in [3.63, 3.8) is 0 Å². The minimum absolute atomic E-state index is 0.0746. The highest BCUT2D eigenvalue weighted by molar-refractivity contribution is 6.01. The quantitative estimate of drug-likeness (QED) is 0.610. The Morgan fingerprint density at radius 1 is 1.03 bits per heavy atom. The van der Waals surface area contributed by atoms with Crippen LogP contribution in [-0.4, -0.2) is 47.9 Å². The van der Waals surface area contributed by atoms with Crippen molar-refractivity contribution in [1.29, 1.82) is 0 Å². The molecule has 0 bridgehead atoms.